The van der Waals surface area contributed by atoms with Crippen molar-refractivity contribution in [1.29, 1.82) is 0 Å². The average Bonchev–Trinajstić information content (AvgIpc) is 2.87. The van der Waals surface area contributed by atoms with Gasteiger partial charge >= 0.3 is 12.0 Å². The normalized spacial score (nSPS) is 12.2. The smallest absolute Gasteiger partial charge is 0.326 e. The second kappa shape index (κ2) is 7.86. The number of aliphatic carboxylic acids is 1. The number of urea groups is 1. The molecule has 0 spiro atoms. The summed E-state index contributed by atoms with van der Waals surface area (Å²) < 4.78 is 0. The Bertz CT molecular complexity index is 434. The summed E-state index contributed by atoms with van der Waals surface area (Å²) in [5.41, 5.74) is 0. The van der Waals surface area contributed by atoms with Gasteiger partial charge in [-0.3, -0.25) is 0 Å². The highest BCUT2D eigenvalue weighted by molar-refractivity contribution is 7.09. The van der Waals surface area contributed by atoms with Gasteiger partial charge in [-0.1, -0.05) is 6.07 Å². The number of carbonyl (C=O) groups excluding carboxylic acids is 1. The molecule has 1 aromatic heterocycles. The Hall–Kier alpha value is -1.60. The van der Waals surface area contributed by atoms with Crippen LogP contribution in [0.25, 0.3) is 0 Å². The van der Waals surface area contributed by atoms with Crippen molar-refractivity contribution in [3.63, 3.8) is 0 Å². The van der Waals surface area contributed by atoms with Crippen LogP contribution in [0.3, 0.4) is 0 Å². The molecule has 1 rings (SSSR count). The Morgan fingerprint density at radius 1 is 1.45 bits per heavy atom. The highest BCUT2D eigenvalue weighted by Crippen LogP contribution is 2.14. The standard InChI is InChI=1S/C13H20N2O4S/c1-9(2)15(8-10-4-3-7-20-10)13(19)14-11(5-6-16)12(17)18/h3-4,7,9,11,16H,5-6,8H2,1-2H3,(H,14,19)(H,17,18). The molecule has 1 atom stereocenters. The molecular weight excluding hydrogens is 280 g/mol. The van der Waals surface area contributed by atoms with E-state index in [0.29, 0.717) is 6.54 Å². The molecule has 0 aromatic carbocycles. The monoisotopic (exact) mass is 300 g/mol. The van der Waals surface area contributed by atoms with E-state index in [-0.39, 0.29) is 19.1 Å². The third-order valence-corrected chi connectivity index (χ3v) is 3.67. The van der Waals surface area contributed by atoms with Crippen LogP contribution in [0.1, 0.15) is 25.1 Å². The molecule has 0 aliphatic rings. The number of amides is 2. The molecule has 2 amide bonds. The predicted octanol–water partition coefficient (Wildman–Crippen LogP) is 1.50. The van der Waals surface area contributed by atoms with Crippen LogP contribution in [-0.4, -0.2) is 45.8 Å². The highest BCUT2D eigenvalue weighted by atomic mass is 32.1. The van der Waals surface area contributed by atoms with E-state index in [1.54, 1.807) is 16.2 Å². The summed E-state index contributed by atoms with van der Waals surface area (Å²) in [5.74, 6) is -1.15. The van der Waals surface area contributed by atoms with E-state index >= 15 is 0 Å². The molecule has 1 heterocycles. The highest BCUT2D eigenvalue weighted by Gasteiger charge is 2.24. The molecule has 0 aliphatic heterocycles. The summed E-state index contributed by atoms with van der Waals surface area (Å²) in [5, 5.41) is 22.2. The minimum absolute atomic E-state index is 0.00793. The van der Waals surface area contributed by atoms with Gasteiger partial charge in [-0.2, -0.15) is 0 Å². The number of nitrogens with one attached hydrogen (secondary N) is 1. The predicted molar refractivity (Wildman–Crippen MR) is 76.7 cm³/mol. The number of hydrogen-bond donors (Lipinski definition) is 3. The van der Waals surface area contributed by atoms with Crippen LogP contribution in [0.5, 0.6) is 0 Å². The van der Waals surface area contributed by atoms with Crippen molar-refractivity contribution in [2.24, 2.45) is 0 Å². The van der Waals surface area contributed by atoms with Crippen LogP contribution < -0.4 is 5.32 Å². The van der Waals surface area contributed by atoms with Gasteiger partial charge in [0.15, 0.2) is 0 Å². The first kappa shape index (κ1) is 16.5. The number of carboxylic acids is 1. The van der Waals surface area contributed by atoms with Crippen molar-refractivity contribution in [3.05, 3.63) is 22.4 Å². The van der Waals surface area contributed by atoms with Gasteiger partial charge in [0.1, 0.15) is 6.04 Å². The van der Waals surface area contributed by atoms with E-state index in [0.717, 1.165) is 4.88 Å². The van der Waals surface area contributed by atoms with Gasteiger partial charge in [-0.25, -0.2) is 9.59 Å². The summed E-state index contributed by atoms with van der Waals surface area (Å²) in [6.07, 6.45) is -0.00793. The molecule has 0 aliphatic carbocycles. The van der Waals surface area contributed by atoms with Crippen molar-refractivity contribution in [2.45, 2.75) is 38.9 Å². The average molecular weight is 300 g/mol. The fourth-order valence-corrected chi connectivity index (χ4v) is 2.38. The second-order valence-corrected chi connectivity index (χ2v) is 5.69. The number of rotatable bonds is 7. The van der Waals surface area contributed by atoms with Crippen molar-refractivity contribution in [3.8, 4) is 0 Å². The number of thiophene rings is 1. The zero-order chi connectivity index (χ0) is 15.1. The number of hydrogen-bond acceptors (Lipinski definition) is 4. The molecule has 3 N–H and O–H groups in total. The third-order valence-electron chi connectivity index (χ3n) is 2.80. The van der Waals surface area contributed by atoms with Crippen LogP contribution in [0.15, 0.2) is 17.5 Å². The first-order valence-electron chi connectivity index (χ1n) is 6.39. The lowest BCUT2D eigenvalue weighted by Crippen LogP contribution is -2.50. The van der Waals surface area contributed by atoms with Crippen LogP contribution >= 0.6 is 11.3 Å². The molecule has 112 valence electrons. The molecule has 0 saturated carbocycles. The maximum absolute atomic E-state index is 12.2. The molecule has 6 nitrogen and oxygen atoms in total. The summed E-state index contributed by atoms with van der Waals surface area (Å²) >= 11 is 1.54. The van der Waals surface area contributed by atoms with Gasteiger partial charge in [-0.05, 0) is 25.3 Å². The van der Waals surface area contributed by atoms with Gasteiger partial charge in [0.2, 0.25) is 0 Å². The second-order valence-electron chi connectivity index (χ2n) is 4.65. The first-order valence-corrected chi connectivity index (χ1v) is 7.26. The van der Waals surface area contributed by atoms with E-state index in [2.05, 4.69) is 5.32 Å². The third kappa shape index (κ3) is 4.82. The molecule has 0 fully saturated rings. The van der Waals surface area contributed by atoms with Crippen molar-refractivity contribution in [2.75, 3.05) is 6.61 Å². The number of aliphatic hydroxyl groups is 1. The number of aliphatic hydroxyl groups excluding tert-OH is 1. The maximum Gasteiger partial charge on any atom is 0.326 e. The molecular formula is C13H20N2O4S. The Morgan fingerprint density at radius 3 is 2.60 bits per heavy atom. The summed E-state index contributed by atoms with van der Waals surface area (Å²) in [7, 11) is 0. The summed E-state index contributed by atoms with van der Waals surface area (Å²) in [4.78, 5) is 25.8. The lowest BCUT2D eigenvalue weighted by molar-refractivity contribution is -0.139. The van der Waals surface area contributed by atoms with Gasteiger partial charge in [0.25, 0.3) is 0 Å². The summed E-state index contributed by atoms with van der Waals surface area (Å²) in [6.45, 7) is 3.89. The van der Waals surface area contributed by atoms with Crippen molar-refractivity contribution < 1.29 is 19.8 Å². The largest absolute Gasteiger partial charge is 0.480 e. The molecule has 7 heteroatoms. The lowest BCUT2D eigenvalue weighted by Gasteiger charge is -2.28. The van der Waals surface area contributed by atoms with E-state index in [1.807, 2.05) is 31.4 Å². The van der Waals surface area contributed by atoms with Crippen LogP contribution in [-0.2, 0) is 11.3 Å². The molecule has 0 bridgehead atoms. The molecule has 1 aromatic rings. The van der Waals surface area contributed by atoms with Crippen molar-refractivity contribution >= 4 is 23.3 Å². The number of nitrogens with zero attached hydrogens (tertiary/aromatic N) is 1. The van der Waals surface area contributed by atoms with Gasteiger partial charge in [-0.15, -0.1) is 11.3 Å². The molecule has 20 heavy (non-hydrogen) atoms. The molecule has 0 radical (unpaired) electrons. The van der Waals surface area contributed by atoms with Crippen LogP contribution in [0.2, 0.25) is 0 Å². The first-order chi connectivity index (χ1) is 9.45. The Labute approximate surface area is 122 Å². The van der Waals surface area contributed by atoms with E-state index in [4.69, 9.17) is 10.2 Å². The minimum atomic E-state index is -1.15. The van der Waals surface area contributed by atoms with E-state index < -0.39 is 18.0 Å². The fourth-order valence-electron chi connectivity index (χ4n) is 1.68. The van der Waals surface area contributed by atoms with Crippen LogP contribution in [0.4, 0.5) is 4.79 Å². The molecule has 1 unspecified atom stereocenters. The maximum atomic E-state index is 12.2. The van der Waals surface area contributed by atoms with Gasteiger partial charge < -0.3 is 20.4 Å². The fraction of sp³-hybridized carbons (Fsp3) is 0.538. The zero-order valence-electron chi connectivity index (χ0n) is 11.6. The van der Waals surface area contributed by atoms with E-state index in [9.17, 15) is 9.59 Å². The van der Waals surface area contributed by atoms with Gasteiger partial charge in [0, 0.05) is 23.9 Å². The quantitative estimate of drug-likeness (QED) is 0.712. The topological polar surface area (TPSA) is 89.9 Å². The minimum Gasteiger partial charge on any atom is -0.480 e. The summed E-state index contributed by atoms with van der Waals surface area (Å²) in [6, 6.07) is 2.27. The van der Waals surface area contributed by atoms with Gasteiger partial charge in [0.05, 0.1) is 6.54 Å². The SMILES string of the molecule is CC(C)N(Cc1cccs1)C(=O)NC(CCO)C(=O)O. The van der Waals surface area contributed by atoms with E-state index in [1.165, 1.54) is 0 Å². The number of carboxylic acid groups (broad SMARTS) is 1. The number of carbonyl (C=O) groups is 2. The van der Waals surface area contributed by atoms with Crippen molar-refractivity contribution in [1.82, 2.24) is 10.2 Å². The van der Waals surface area contributed by atoms with Crippen LogP contribution in [0, 0.1) is 0 Å². The lowest BCUT2D eigenvalue weighted by atomic mass is 10.2. The zero-order valence-corrected chi connectivity index (χ0v) is 12.4. The molecule has 0 saturated heterocycles. The Morgan fingerprint density at radius 2 is 2.15 bits per heavy atom. The Kier molecular flexibility index (Phi) is 6.47. The Balaban J connectivity index is 2.70.